The largest absolute Gasteiger partial charge is 0.595 e. The van der Waals surface area contributed by atoms with Crippen LogP contribution in [-0.4, -0.2) is 23.6 Å². The van der Waals surface area contributed by atoms with Crippen LogP contribution in [0.5, 0.6) is 0 Å². The summed E-state index contributed by atoms with van der Waals surface area (Å²) in [5, 5.41) is 18.6. The third kappa shape index (κ3) is 3.76. The van der Waals surface area contributed by atoms with Crippen molar-refractivity contribution >= 4 is 17.4 Å². The summed E-state index contributed by atoms with van der Waals surface area (Å²) in [6.07, 6.45) is 2.10. The molecule has 1 aromatic rings. The van der Waals surface area contributed by atoms with Gasteiger partial charge in [-0.15, -0.1) is 0 Å². The van der Waals surface area contributed by atoms with Gasteiger partial charge in [0.15, 0.2) is 5.69 Å². The van der Waals surface area contributed by atoms with Crippen LogP contribution in [0, 0.1) is 22.0 Å². The molecule has 0 amide bonds. The second-order valence-electron chi connectivity index (χ2n) is 7.69. The molecule has 0 spiro atoms. The molecule has 0 aliphatic heterocycles. The first kappa shape index (κ1) is 19.6. The Balaban J connectivity index is 1.90. The topological polar surface area (TPSA) is 91.1 Å². The fraction of sp³-hybridized carbons (Fsp3) is 0.579. The lowest BCUT2D eigenvalue weighted by Crippen LogP contribution is -2.99. The van der Waals surface area contributed by atoms with Gasteiger partial charge in [-0.05, 0) is 36.3 Å². The summed E-state index contributed by atoms with van der Waals surface area (Å²) in [6.45, 7) is 8.51. The molecule has 1 aromatic carbocycles. The first-order valence-electron chi connectivity index (χ1n) is 8.63. The van der Waals surface area contributed by atoms with Gasteiger partial charge in [-0.2, -0.15) is 5.23 Å². The molecular formula is C19H27NO5. The summed E-state index contributed by atoms with van der Waals surface area (Å²) in [6, 6.07) is 5.54. The van der Waals surface area contributed by atoms with Gasteiger partial charge in [0.1, 0.15) is 5.78 Å². The number of hydrogen-bond donors (Lipinski definition) is 2. The lowest BCUT2D eigenvalue weighted by molar-refractivity contribution is -0.991. The molecule has 0 radical (unpaired) electrons. The summed E-state index contributed by atoms with van der Waals surface area (Å²) < 4.78 is 5.19. The van der Waals surface area contributed by atoms with E-state index in [0.29, 0.717) is 5.92 Å². The summed E-state index contributed by atoms with van der Waals surface area (Å²) in [5.41, 5.74) is -0.0707. The van der Waals surface area contributed by atoms with Crippen LogP contribution in [0.2, 0.25) is 0 Å². The van der Waals surface area contributed by atoms with Crippen molar-refractivity contribution in [3.8, 4) is 0 Å². The normalized spacial score (nSPS) is 26.2. The molecule has 1 fully saturated rings. The highest BCUT2D eigenvalue weighted by atomic mass is 16.8. The summed E-state index contributed by atoms with van der Waals surface area (Å²) in [4.78, 5) is 24.7. The van der Waals surface area contributed by atoms with Gasteiger partial charge in [-0.3, -0.25) is 4.79 Å². The van der Waals surface area contributed by atoms with Crippen LogP contribution in [0.4, 0.5) is 5.69 Å². The van der Waals surface area contributed by atoms with Gasteiger partial charge in [-0.25, -0.2) is 10.0 Å². The lowest BCUT2D eigenvalue weighted by Gasteiger charge is -2.39. The number of hydrogen-bond acceptors (Lipinski definition) is 5. The fourth-order valence-electron chi connectivity index (χ4n) is 3.58. The molecular weight excluding hydrogens is 322 g/mol. The van der Waals surface area contributed by atoms with E-state index < -0.39 is 11.2 Å². The SMILES string of the molecule is C[C@H]1CC[C@](C)(C(=O)CCOC(=O)c2ccc([NH+]([O-])O)cc2)C1(C)C. The van der Waals surface area contributed by atoms with Gasteiger partial charge in [0.05, 0.1) is 12.2 Å². The van der Waals surface area contributed by atoms with Crippen LogP contribution in [0.15, 0.2) is 24.3 Å². The quantitative estimate of drug-likeness (QED) is 0.608. The van der Waals surface area contributed by atoms with E-state index in [1.807, 2.05) is 6.92 Å². The van der Waals surface area contributed by atoms with Gasteiger partial charge >= 0.3 is 5.97 Å². The molecule has 6 heteroatoms. The van der Waals surface area contributed by atoms with Crippen molar-refractivity contribution in [1.29, 1.82) is 0 Å². The standard InChI is InChI=1S/C19H27NO5/c1-13-9-11-19(4,18(13,2)3)16(21)10-12-25-17(22)14-5-7-15(8-6-14)20(23)24/h5-8,13,20,23H,9-12H2,1-4H3/t13-,19+/m0/s1. The number of nitrogens with one attached hydrogen (secondary N) is 1. The van der Waals surface area contributed by atoms with E-state index in [4.69, 9.17) is 9.94 Å². The van der Waals surface area contributed by atoms with Crippen LogP contribution in [0.3, 0.4) is 0 Å². The van der Waals surface area contributed by atoms with Crippen LogP contribution >= 0.6 is 0 Å². The number of rotatable bonds is 6. The summed E-state index contributed by atoms with van der Waals surface area (Å²) in [5.74, 6) is 0.0709. The van der Waals surface area contributed by atoms with E-state index in [0.717, 1.165) is 12.8 Å². The molecule has 1 aliphatic rings. The van der Waals surface area contributed by atoms with Gasteiger partial charge in [0.2, 0.25) is 0 Å². The monoisotopic (exact) mass is 349 g/mol. The van der Waals surface area contributed by atoms with Gasteiger partial charge in [0, 0.05) is 24.0 Å². The van der Waals surface area contributed by atoms with Crippen molar-refractivity contribution in [3.63, 3.8) is 0 Å². The zero-order valence-electron chi connectivity index (χ0n) is 15.3. The lowest BCUT2D eigenvalue weighted by atomic mass is 9.63. The zero-order valence-corrected chi connectivity index (χ0v) is 15.3. The molecule has 138 valence electrons. The number of Topliss-reactive ketones (excluding diaryl/α,β-unsaturated/α-hetero) is 1. The first-order chi connectivity index (χ1) is 11.6. The van der Waals surface area contributed by atoms with Crippen molar-refractivity contribution in [2.24, 2.45) is 16.7 Å². The second-order valence-corrected chi connectivity index (χ2v) is 7.69. The summed E-state index contributed by atoms with van der Waals surface area (Å²) in [7, 11) is 0. The smallest absolute Gasteiger partial charge is 0.338 e. The van der Waals surface area contributed by atoms with Crippen molar-refractivity contribution in [2.45, 2.75) is 47.0 Å². The molecule has 0 aromatic heterocycles. The fourth-order valence-corrected chi connectivity index (χ4v) is 3.58. The number of carbonyl (C=O) groups excluding carboxylic acids is 2. The molecule has 0 bridgehead atoms. The average Bonchev–Trinajstić information content (AvgIpc) is 2.78. The highest BCUT2D eigenvalue weighted by Crippen LogP contribution is 2.56. The molecule has 2 N–H and O–H groups in total. The Bertz CT molecular complexity index is 638. The Morgan fingerprint density at radius 3 is 2.36 bits per heavy atom. The Hall–Kier alpha value is -1.76. The van der Waals surface area contributed by atoms with E-state index in [1.54, 1.807) is 0 Å². The van der Waals surface area contributed by atoms with Crippen LogP contribution in [0.25, 0.3) is 0 Å². The van der Waals surface area contributed by atoms with Crippen LogP contribution < -0.4 is 5.23 Å². The Morgan fingerprint density at radius 2 is 1.88 bits per heavy atom. The van der Waals surface area contributed by atoms with E-state index in [1.165, 1.54) is 24.3 Å². The molecule has 25 heavy (non-hydrogen) atoms. The van der Waals surface area contributed by atoms with Gasteiger partial charge in [-0.1, -0.05) is 27.7 Å². The van der Waals surface area contributed by atoms with Crippen molar-refractivity contribution in [3.05, 3.63) is 35.0 Å². The molecule has 1 unspecified atom stereocenters. The number of esters is 1. The minimum atomic E-state index is -1.05. The maximum Gasteiger partial charge on any atom is 0.338 e. The van der Waals surface area contributed by atoms with E-state index in [9.17, 15) is 14.8 Å². The van der Waals surface area contributed by atoms with Crippen LogP contribution in [0.1, 0.15) is 57.3 Å². The highest BCUT2D eigenvalue weighted by molar-refractivity contribution is 5.90. The predicted molar refractivity (Wildman–Crippen MR) is 92.4 cm³/mol. The predicted octanol–water partition coefficient (Wildman–Crippen LogP) is 2.67. The van der Waals surface area contributed by atoms with Crippen LogP contribution in [-0.2, 0) is 9.53 Å². The Kier molecular flexibility index (Phi) is 5.66. The second kappa shape index (κ2) is 7.23. The molecule has 1 saturated carbocycles. The average molecular weight is 349 g/mol. The highest BCUT2D eigenvalue weighted by Gasteiger charge is 2.53. The molecule has 0 heterocycles. The minimum absolute atomic E-state index is 0.0401. The third-order valence-corrected chi connectivity index (χ3v) is 6.28. The van der Waals surface area contributed by atoms with Gasteiger partial charge in [0.25, 0.3) is 0 Å². The minimum Gasteiger partial charge on any atom is -0.595 e. The third-order valence-electron chi connectivity index (χ3n) is 6.28. The Morgan fingerprint density at radius 1 is 1.28 bits per heavy atom. The Labute approximate surface area is 148 Å². The molecule has 3 atom stereocenters. The maximum absolute atomic E-state index is 12.7. The van der Waals surface area contributed by atoms with Crippen molar-refractivity contribution in [2.75, 3.05) is 6.61 Å². The van der Waals surface area contributed by atoms with E-state index in [-0.39, 0.29) is 40.9 Å². The number of quaternary nitrogens is 1. The van der Waals surface area contributed by atoms with Crippen molar-refractivity contribution < 1.29 is 24.8 Å². The molecule has 6 nitrogen and oxygen atoms in total. The first-order valence-corrected chi connectivity index (χ1v) is 8.63. The summed E-state index contributed by atoms with van der Waals surface area (Å²) >= 11 is 0. The molecule has 2 rings (SSSR count). The number of ketones is 1. The van der Waals surface area contributed by atoms with E-state index >= 15 is 0 Å². The van der Waals surface area contributed by atoms with E-state index in [2.05, 4.69) is 20.8 Å². The zero-order chi connectivity index (χ0) is 18.8. The number of benzene rings is 1. The molecule has 0 saturated heterocycles. The number of carbonyl (C=O) groups is 2. The number of ether oxygens (including phenoxy) is 1. The van der Waals surface area contributed by atoms with Gasteiger partial charge < -0.3 is 9.94 Å². The maximum atomic E-state index is 12.7. The molecule has 1 aliphatic carbocycles. The van der Waals surface area contributed by atoms with Crippen molar-refractivity contribution in [1.82, 2.24) is 0 Å².